The molecule has 2 aromatic rings. The number of benzene rings is 1. The van der Waals surface area contributed by atoms with Gasteiger partial charge in [-0.3, -0.25) is 14.6 Å². The van der Waals surface area contributed by atoms with Gasteiger partial charge in [-0.1, -0.05) is 12.1 Å². The number of nitrogens with one attached hydrogen (secondary N) is 1. The molecule has 0 aliphatic carbocycles. The maximum absolute atomic E-state index is 12.9. The van der Waals surface area contributed by atoms with Gasteiger partial charge in [0.25, 0.3) is 11.8 Å². The molecule has 28 heavy (non-hydrogen) atoms. The highest BCUT2D eigenvalue weighted by Gasteiger charge is 2.40. The van der Waals surface area contributed by atoms with Gasteiger partial charge in [0.05, 0.1) is 25.5 Å². The second-order valence-corrected chi connectivity index (χ2v) is 6.98. The quantitative estimate of drug-likeness (QED) is 0.876. The van der Waals surface area contributed by atoms with Crippen LogP contribution in [0.4, 0.5) is 0 Å². The van der Waals surface area contributed by atoms with E-state index in [0.717, 1.165) is 5.69 Å². The second-order valence-electron chi connectivity index (χ2n) is 6.98. The van der Waals surface area contributed by atoms with Gasteiger partial charge in [0.2, 0.25) is 0 Å². The molecule has 2 amide bonds. The first-order valence-electron chi connectivity index (χ1n) is 9.51. The Morgan fingerprint density at radius 2 is 1.79 bits per heavy atom. The molecule has 0 radical (unpaired) electrons. The molecule has 0 unspecified atom stereocenters. The fraction of sp³-hybridized carbons (Fsp3) is 0.381. The van der Waals surface area contributed by atoms with Crippen molar-refractivity contribution in [3.63, 3.8) is 0 Å². The number of hydrogen-bond acceptors (Lipinski definition) is 5. The number of rotatable bonds is 4. The van der Waals surface area contributed by atoms with Crippen LogP contribution in [0, 0.1) is 0 Å². The Bertz CT molecular complexity index is 840. The first kappa shape index (κ1) is 18.6. The summed E-state index contributed by atoms with van der Waals surface area (Å²) in [5, 5.41) is 2.83. The van der Waals surface area contributed by atoms with Gasteiger partial charge < -0.3 is 19.7 Å². The highest BCUT2D eigenvalue weighted by atomic mass is 16.7. The second kappa shape index (κ2) is 8.08. The normalized spacial score (nSPS) is 18.2. The standard InChI is InChI=1S/C21H23N3O4/c25-19(23-15-18-6-1-2-9-22-18)16-4-3-5-17(14-16)20(26)24-10-7-21(8-11-24)27-12-13-28-21/h1-6,9,14H,7-8,10-13,15H2,(H,23,25). The van der Waals surface area contributed by atoms with Crippen molar-refractivity contribution in [2.45, 2.75) is 25.2 Å². The lowest BCUT2D eigenvalue weighted by Gasteiger charge is -2.37. The lowest BCUT2D eigenvalue weighted by Crippen LogP contribution is -2.47. The van der Waals surface area contributed by atoms with E-state index in [0.29, 0.717) is 56.8 Å². The summed E-state index contributed by atoms with van der Waals surface area (Å²) < 4.78 is 11.4. The summed E-state index contributed by atoms with van der Waals surface area (Å²) in [5.74, 6) is -0.817. The Hall–Kier alpha value is -2.77. The summed E-state index contributed by atoms with van der Waals surface area (Å²) >= 11 is 0. The molecule has 146 valence electrons. The van der Waals surface area contributed by atoms with Crippen LogP contribution < -0.4 is 5.32 Å². The average molecular weight is 381 g/mol. The smallest absolute Gasteiger partial charge is 0.253 e. The number of pyridine rings is 1. The van der Waals surface area contributed by atoms with Gasteiger partial charge in [-0.15, -0.1) is 0 Å². The van der Waals surface area contributed by atoms with Crippen LogP contribution in [0.1, 0.15) is 39.3 Å². The van der Waals surface area contributed by atoms with Crippen LogP contribution >= 0.6 is 0 Å². The summed E-state index contributed by atoms with van der Waals surface area (Å²) in [6.07, 6.45) is 3.02. The van der Waals surface area contributed by atoms with E-state index in [1.807, 2.05) is 18.2 Å². The molecule has 3 heterocycles. The van der Waals surface area contributed by atoms with Crippen molar-refractivity contribution < 1.29 is 19.1 Å². The minimum Gasteiger partial charge on any atom is -0.347 e. The molecule has 2 aliphatic heterocycles. The molecule has 2 saturated heterocycles. The lowest BCUT2D eigenvalue weighted by molar-refractivity contribution is -0.181. The highest BCUT2D eigenvalue weighted by Crippen LogP contribution is 2.31. The number of nitrogens with zero attached hydrogens (tertiary/aromatic N) is 2. The van der Waals surface area contributed by atoms with Crippen LogP contribution in [0.2, 0.25) is 0 Å². The molecule has 1 spiro atoms. The molecule has 2 fully saturated rings. The summed E-state index contributed by atoms with van der Waals surface area (Å²) in [6.45, 7) is 2.73. The van der Waals surface area contributed by atoms with E-state index in [-0.39, 0.29) is 11.8 Å². The molecular weight excluding hydrogens is 358 g/mol. The van der Waals surface area contributed by atoms with Crippen molar-refractivity contribution in [1.82, 2.24) is 15.2 Å². The van der Waals surface area contributed by atoms with E-state index in [1.54, 1.807) is 35.4 Å². The van der Waals surface area contributed by atoms with Crippen molar-refractivity contribution >= 4 is 11.8 Å². The molecule has 1 aromatic heterocycles. The molecule has 4 rings (SSSR count). The van der Waals surface area contributed by atoms with Gasteiger partial charge in [0, 0.05) is 43.3 Å². The monoisotopic (exact) mass is 381 g/mol. The molecule has 7 nitrogen and oxygen atoms in total. The Balaban J connectivity index is 1.37. The van der Waals surface area contributed by atoms with Gasteiger partial charge in [0.15, 0.2) is 5.79 Å². The van der Waals surface area contributed by atoms with E-state index in [1.165, 1.54) is 0 Å². The maximum Gasteiger partial charge on any atom is 0.253 e. The molecule has 0 atom stereocenters. The van der Waals surface area contributed by atoms with Crippen molar-refractivity contribution in [3.8, 4) is 0 Å². The summed E-state index contributed by atoms with van der Waals surface area (Å²) in [6, 6.07) is 12.4. The number of amides is 2. The largest absolute Gasteiger partial charge is 0.347 e. The number of ether oxygens (including phenoxy) is 2. The van der Waals surface area contributed by atoms with Crippen LogP contribution in [-0.2, 0) is 16.0 Å². The van der Waals surface area contributed by atoms with Gasteiger partial charge >= 0.3 is 0 Å². The van der Waals surface area contributed by atoms with Crippen LogP contribution in [0.25, 0.3) is 0 Å². The van der Waals surface area contributed by atoms with E-state index in [2.05, 4.69) is 10.3 Å². The minimum absolute atomic E-state index is 0.0766. The van der Waals surface area contributed by atoms with Gasteiger partial charge in [-0.25, -0.2) is 0 Å². The first-order chi connectivity index (χ1) is 13.7. The maximum atomic E-state index is 12.9. The summed E-state index contributed by atoms with van der Waals surface area (Å²) in [4.78, 5) is 31.3. The van der Waals surface area contributed by atoms with E-state index < -0.39 is 5.79 Å². The molecule has 0 saturated carbocycles. The average Bonchev–Trinajstić information content (AvgIpc) is 3.21. The third-order valence-corrected chi connectivity index (χ3v) is 5.15. The molecule has 1 aromatic carbocycles. The number of likely N-dealkylation sites (tertiary alicyclic amines) is 1. The van der Waals surface area contributed by atoms with Crippen molar-refractivity contribution in [2.75, 3.05) is 26.3 Å². The van der Waals surface area contributed by atoms with E-state index in [9.17, 15) is 9.59 Å². The number of carbonyl (C=O) groups is 2. The molecule has 2 aliphatic rings. The van der Waals surface area contributed by atoms with Crippen LogP contribution in [0.5, 0.6) is 0 Å². The first-order valence-corrected chi connectivity index (χ1v) is 9.51. The molecular formula is C21H23N3O4. The molecule has 0 bridgehead atoms. The van der Waals surface area contributed by atoms with Crippen LogP contribution in [0.3, 0.4) is 0 Å². The number of hydrogen-bond donors (Lipinski definition) is 1. The Kier molecular flexibility index (Phi) is 5.36. The third kappa shape index (κ3) is 4.05. The zero-order chi connectivity index (χ0) is 19.4. The Labute approximate surface area is 163 Å². The van der Waals surface area contributed by atoms with Crippen LogP contribution in [-0.4, -0.2) is 53.8 Å². The van der Waals surface area contributed by atoms with E-state index >= 15 is 0 Å². The fourth-order valence-electron chi connectivity index (χ4n) is 3.59. The van der Waals surface area contributed by atoms with Gasteiger partial charge in [-0.2, -0.15) is 0 Å². The topological polar surface area (TPSA) is 80.8 Å². The Morgan fingerprint density at radius 3 is 2.50 bits per heavy atom. The van der Waals surface area contributed by atoms with Gasteiger partial charge in [-0.05, 0) is 30.3 Å². The predicted octanol–water partition coefficient (Wildman–Crippen LogP) is 1.99. The number of aromatic nitrogens is 1. The number of piperidine rings is 1. The van der Waals surface area contributed by atoms with Crippen molar-refractivity contribution in [1.29, 1.82) is 0 Å². The molecule has 7 heteroatoms. The predicted molar refractivity (Wildman–Crippen MR) is 102 cm³/mol. The Morgan fingerprint density at radius 1 is 1.04 bits per heavy atom. The summed E-state index contributed by atoms with van der Waals surface area (Å²) in [7, 11) is 0. The van der Waals surface area contributed by atoms with Crippen LogP contribution in [0.15, 0.2) is 48.7 Å². The highest BCUT2D eigenvalue weighted by molar-refractivity contribution is 5.99. The zero-order valence-electron chi connectivity index (χ0n) is 15.6. The third-order valence-electron chi connectivity index (χ3n) is 5.15. The minimum atomic E-state index is -0.510. The molecule has 1 N–H and O–H groups in total. The van der Waals surface area contributed by atoms with Gasteiger partial charge in [0.1, 0.15) is 0 Å². The number of carbonyl (C=O) groups excluding carboxylic acids is 2. The van der Waals surface area contributed by atoms with Crippen molar-refractivity contribution in [3.05, 3.63) is 65.5 Å². The SMILES string of the molecule is O=C(NCc1ccccn1)c1cccc(C(=O)N2CCC3(CC2)OCCO3)c1. The fourth-order valence-corrected chi connectivity index (χ4v) is 3.59. The van der Waals surface area contributed by atoms with E-state index in [4.69, 9.17) is 9.47 Å². The van der Waals surface area contributed by atoms with Crippen molar-refractivity contribution in [2.24, 2.45) is 0 Å². The zero-order valence-corrected chi connectivity index (χ0v) is 15.6. The lowest BCUT2D eigenvalue weighted by atomic mass is 10.0. The summed E-state index contributed by atoms with van der Waals surface area (Å²) in [5.41, 5.74) is 1.74.